The van der Waals surface area contributed by atoms with Gasteiger partial charge in [0, 0.05) is 11.8 Å². The van der Waals surface area contributed by atoms with Gasteiger partial charge >= 0.3 is 0 Å². The van der Waals surface area contributed by atoms with Gasteiger partial charge in [0.15, 0.2) is 0 Å². The summed E-state index contributed by atoms with van der Waals surface area (Å²) in [4.78, 5) is 0. The molecule has 3 nitrogen and oxygen atoms in total. The van der Waals surface area contributed by atoms with Crippen LogP contribution in [-0.4, -0.2) is 22.9 Å². The normalized spacial score (nSPS) is 16.1. The number of hydrogen-bond acceptors (Lipinski definition) is 2. The van der Waals surface area contributed by atoms with E-state index in [0.717, 1.165) is 18.8 Å². The molecule has 2 aromatic rings. The van der Waals surface area contributed by atoms with E-state index in [4.69, 9.17) is 5.10 Å². The molecule has 1 N–H and O–H groups in total. The molecule has 1 aromatic heterocycles. The van der Waals surface area contributed by atoms with Crippen molar-refractivity contribution in [1.82, 2.24) is 15.1 Å². The van der Waals surface area contributed by atoms with Crippen molar-refractivity contribution in [2.24, 2.45) is 0 Å². The summed E-state index contributed by atoms with van der Waals surface area (Å²) in [5.74, 6) is 0. The lowest BCUT2D eigenvalue weighted by atomic mass is 10.1. The van der Waals surface area contributed by atoms with Gasteiger partial charge in [-0.25, -0.2) is 0 Å². The van der Waals surface area contributed by atoms with Crippen LogP contribution in [0.5, 0.6) is 0 Å². The number of aryl methyl sites for hydroxylation is 1. The van der Waals surface area contributed by atoms with E-state index < -0.39 is 0 Å². The van der Waals surface area contributed by atoms with E-state index >= 15 is 0 Å². The topological polar surface area (TPSA) is 29.9 Å². The largest absolute Gasteiger partial charge is 0.317 e. The molecule has 4 heteroatoms. The lowest BCUT2D eigenvalue weighted by Gasteiger charge is -2.22. The van der Waals surface area contributed by atoms with Crippen LogP contribution in [0.1, 0.15) is 24.4 Å². The first-order valence-electron chi connectivity index (χ1n) is 6.66. The molecule has 0 bridgehead atoms. The van der Waals surface area contributed by atoms with Crippen LogP contribution in [0.4, 0.5) is 0 Å². The first kappa shape index (κ1) is 14.1. The summed E-state index contributed by atoms with van der Waals surface area (Å²) in [6, 6.07) is 11.2. The van der Waals surface area contributed by atoms with Crippen LogP contribution in [0, 0.1) is 6.92 Å². The maximum Gasteiger partial charge on any atom is 0.0923 e. The monoisotopic (exact) mass is 277 g/mol. The number of benzene rings is 1. The third-order valence-corrected chi connectivity index (χ3v) is 3.60. The quantitative estimate of drug-likeness (QED) is 0.914. The highest BCUT2D eigenvalue weighted by Gasteiger charge is 2.15. The first-order chi connectivity index (χ1) is 8.83. The van der Waals surface area contributed by atoms with E-state index in [0.29, 0.717) is 6.04 Å². The molecule has 0 aliphatic carbocycles. The van der Waals surface area contributed by atoms with Gasteiger partial charge in [0.05, 0.1) is 11.7 Å². The lowest BCUT2D eigenvalue weighted by Crippen LogP contribution is -2.29. The number of halogens is 1. The summed E-state index contributed by atoms with van der Waals surface area (Å²) in [5, 5.41) is 8.12. The van der Waals surface area contributed by atoms with E-state index in [1.165, 1.54) is 24.0 Å². The van der Waals surface area contributed by atoms with Crippen molar-refractivity contribution in [2.75, 3.05) is 13.1 Å². The Morgan fingerprint density at radius 2 is 2.00 bits per heavy atom. The van der Waals surface area contributed by atoms with Crippen molar-refractivity contribution < 1.29 is 0 Å². The molecule has 19 heavy (non-hydrogen) atoms. The Morgan fingerprint density at radius 3 is 2.74 bits per heavy atom. The molecule has 0 amide bonds. The molecule has 2 heterocycles. The molecule has 102 valence electrons. The third-order valence-electron chi connectivity index (χ3n) is 3.60. The van der Waals surface area contributed by atoms with Crippen LogP contribution in [0.2, 0.25) is 0 Å². The molecule has 0 atom stereocenters. The fourth-order valence-electron chi connectivity index (χ4n) is 2.57. The summed E-state index contributed by atoms with van der Waals surface area (Å²) >= 11 is 0. The maximum absolute atomic E-state index is 4.73. The van der Waals surface area contributed by atoms with Crippen molar-refractivity contribution in [3.63, 3.8) is 0 Å². The Bertz CT molecular complexity index is 530. The molecule has 1 aliphatic rings. The number of aromatic nitrogens is 2. The van der Waals surface area contributed by atoms with Crippen LogP contribution in [0.3, 0.4) is 0 Å². The van der Waals surface area contributed by atoms with Gasteiger partial charge in [0.2, 0.25) is 0 Å². The Hall–Kier alpha value is -1.32. The van der Waals surface area contributed by atoms with Crippen LogP contribution in [0.15, 0.2) is 36.5 Å². The summed E-state index contributed by atoms with van der Waals surface area (Å²) in [6.45, 7) is 4.32. The van der Waals surface area contributed by atoms with Gasteiger partial charge in [0.1, 0.15) is 0 Å². The van der Waals surface area contributed by atoms with E-state index in [1.807, 2.05) is 0 Å². The Balaban J connectivity index is 0.00000133. The van der Waals surface area contributed by atoms with Gasteiger partial charge in [0.25, 0.3) is 0 Å². The molecule has 1 fully saturated rings. The van der Waals surface area contributed by atoms with Crippen LogP contribution < -0.4 is 5.32 Å². The van der Waals surface area contributed by atoms with Gasteiger partial charge in [-0.1, -0.05) is 23.8 Å². The highest BCUT2D eigenvalue weighted by Crippen LogP contribution is 2.22. The molecule has 1 aliphatic heterocycles. The average molecular weight is 278 g/mol. The van der Waals surface area contributed by atoms with Gasteiger partial charge in [-0.05, 0) is 45.0 Å². The Kier molecular flexibility index (Phi) is 4.61. The van der Waals surface area contributed by atoms with Crippen LogP contribution >= 0.6 is 12.4 Å². The number of rotatable bonds is 2. The fourth-order valence-corrected chi connectivity index (χ4v) is 2.57. The fraction of sp³-hybridized carbons (Fsp3) is 0.400. The minimum Gasteiger partial charge on any atom is -0.317 e. The predicted molar refractivity (Wildman–Crippen MR) is 80.8 cm³/mol. The smallest absolute Gasteiger partial charge is 0.0923 e. The van der Waals surface area contributed by atoms with E-state index in [2.05, 4.69) is 53.5 Å². The van der Waals surface area contributed by atoms with Crippen molar-refractivity contribution in [2.45, 2.75) is 25.8 Å². The second-order valence-corrected chi connectivity index (χ2v) is 5.03. The zero-order valence-electron chi connectivity index (χ0n) is 11.2. The molecule has 0 saturated carbocycles. The summed E-state index contributed by atoms with van der Waals surface area (Å²) in [5.41, 5.74) is 3.57. The zero-order chi connectivity index (χ0) is 12.4. The standard InChI is InChI=1S/C15H19N3.ClH/c1-12-3-2-4-13(11-12)15-7-10-18(17-15)14-5-8-16-9-6-14;/h2-4,7,10-11,14,16H,5-6,8-9H2,1H3;1H. The van der Waals surface area contributed by atoms with Gasteiger partial charge in [-0.15, -0.1) is 12.4 Å². The second kappa shape index (κ2) is 6.22. The average Bonchev–Trinajstić information content (AvgIpc) is 2.89. The van der Waals surface area contributed by atoms with Crippen molar-refractivity contribution >= 4 is 12.4 Å². The molecule has 1 aromatic carbocycles. The van der Waals surface area contributed by atoms with Crippen LogP contribution in [0.25, 0.3) is 11.3 Å². The SMILES string of the molecule is Cc1cccc(-c2ccn(C3CCNCC3)n2)c1.Cl. The Morgan fingerprint density at radius 1 is 1.21 bits per heavy atom. The van der Waals surface area contributed by atoms with E-state index in [9.17, 15) is 0 Å². The van der Waals surface area contributed by atoms with Crippen molar-refractivity contribution in [1.29, 1.82) is 0 Å². The molecular weight excluding hydrogens is 258 g/mol. The number of hydrogen-bond donors (Lipinski definition) is 1. The molecule has 0 radical (unpaired) electrons. The van der Waals surface area contributed by atoms with E-state index in [-0.39, 0.29) is 12.4 Å². The van der Waals surface area contributed by atoms with Gasteiger partial charge < -0.3 is 5.32 Å². The third kappa shape index (κ3) is 3.17. The van der Waals surface area contributed by atoms with Gasteiger partial charge in [-0.2, -0.15) is 5.10 Å². The highest BCUT2D eigenvalue weighted by atomic mass is 35.5. The van der Waals surface area contributed by atoms with Gasteiger partial charge in [-0.3, -0.25) is 4.68 Å². The van der Waals surface area contributed by atoms with Crippen LogP contribution in [-0.2, 0) is 0 Å². The zero-order valence-corrected chi connectivity index (χ0v) is 12.0. The van der Waals surface area contributed by atoms with E-state index in [1.54, 1.807) is 0 Å². The molecule has 0 spiro atoms. The van der Waals surface area contributed by atoms with Crippen molar-refractivity contribution in [3.8, 4) is 11.3 Å². The highest BCUT2D eigenvalue weighted by molar-refractivity contribution is 5.85. The maximum atomic E-state index is 4.73. The summed E-state index contributed by atoms with van der Waals surface area (Å²) in [7, 11) is 0. The second-order valence-electron chi connectivity index (χ2n) is 5.03. The molecular formula is C15H20ClN3. The number of piperidine rings is 1. The molecule has 3 rings (SSSR count). The Labute approximate surface area is 120 Å². The lowest BCUT2D eigenvalue weighted by molar-refractivity contribution is 0.343. The molecule has 0 unspecified atom stereocenters. The predicted octanol–water partition coefficient (Wildman–Crippen LogP) is 3.20. The minimum atomic E-state index is 0. The summed E-state index contributed by atoms with van der Waals surface area (Å²) in [6.07, 6.45) is 4.47. The number of nitrogens with zero attached hydrogens (tertiary/aromatic N) is 2. The molecule has 1 saturated heterocycles. The minimum absolute atomic E-state index is 0. The number of nitrogens with one attached hydrogen (secondary N) is 1. The first-order valence-corrected chi connectivity index (χ1v) is 6.66. The summed E-state index contributed by atoms with van der Waals surface area (Å²) < 4.78 is 2.14. The van der Waals surface area contributed by atoms with Crippen molar-refractivity contribution in [3.05, 3.63) is 42.1 Å².